The Kier molecular flexibility index (Phi) is 4.13. The third-order valence-electron chi connectivity index (χ3n) is 2.82. The normalized spacial score (nSPS) is 12.5. The van der Waals surface area contributed by atoms with Crippen LogP contribution in [0.5, 0.6) is 11.6 Å². The van der Waals surface area contributed by atoms with Crippen molar-refractivity contribution in [2.45, 2.75) is 13.0 Å². The third-order valence-corrected chi connectivity index (χ3v) is 2.82. The van der Waals surface area contributed by atoms with Crippen LogP contribution in [0.1, 0.15) is 24.1 Å². The molecule has 0 amide bonds. The number of benzene rings is 1. The maximum atomic E-state index is 9.64. The summed E-state index contributed by atoms with van der Waals surface area (Å²) in [7, 11) is 1.59. The lowest BCUT2D eigenvalue weighted by Crippen LogP contribution is -1.94. The van der Waals surface area contributed by atoms with Crippen molar-refractivity contribution in [1.82, 2.24) is 4.98 Å². The molecule has 1 atom stereocenters. The molecule has 2 aromatic rings. The van der Waals surface area contributed by atoms with Gasteiger partial charge in [0.2, 0.25) is 5.88 Å². The summed E-state index contributed by atoms with van der Waals surface area (Å²) in [6, 6.07) is 10.8. The molecular formula is C15H16N2O2. The van der Waals surface area contributed by atoms with Gasteiger partial charge in [-0.15, -0.1) is 0 Å². The second-order valence-corrected chi connectivity index (χ2v) is 4.15. The van der Waals surface area contributed by atoms with Crippen molar-refractivity contribution >= 4 is 6.21 Å². The SMILES string of the molecule is COc1ccc([C@@H](C)N=Cc2ccccc2O)cn1. The summed E-state index contributed by atoms with van der Waals surface area (Å²) in [5, 5.41) is 9.64. The quantitative estimate of drug-likeness (QED) is 0.856. The first-order valence-corrected chi connectivity index (χ1v) is 6.02. The van der Waals surface area contributed by atoms with Crippen LogP contribution in [0.4, 0.5) is 0 Å². The van der Waals surface area contributed by atoms with Gasteiger partial charge in [0, 0.05) is 24.0 Å². The number of nitrogens with zero attached hydrogens (tertiary/aromatic N) is 2. The van der Waals surface area contributed by atoms with Crippen molar-refractivity contribution < 1.29 is 9.84 Å². The number of ether oxygens (including phenoxy) is 1. The minimum Gasteiger partial charge on any atom is -0.507 e. The van der Waals surface area contributed by atoms with E-state index in [2.05, 4.69) is 9.98 Å². The molecule has 98 valence electrons. The number of rotatable bonds is 4. The first kappa shape index (κ1) is 13.1. The largest absolute Gasteiger partial charge is 0.507 e. The Morgan fingerprint density at radius 1 is 1.26 bits per heavy atom. The molecule has 1 aromatic heterocycles. The van der Waals surface area contributed by atoms with Gasteiger partial charge in [-0.2, -0.15) is 0 Å². The fourth-order valence-corrected chi connectivity index (χ4v) is 1.63. The number of aromatic nitrogens is 1. The Hall–Kier alpha value is -2.36. The van der Waals surface area contributed by atoms with Crippen LogP contribution in [0.2, 0.25) is 0 Å². The zero-order valence-corrected chi connectivity index (χ0v) is 10.9. The van der Waals surface area contributed by atoms with Gasteiger partial charge < -0.3 is 9.84 Å². The van der Waals surface area contributed by atoms with Gasteiger partial charge in [-0.25, -0.2) is 4.98 Å². The van der Waals surface area contributed by atoms with Gasteiger partial charge in [-0.1, -0.05) is 12.1 Å². The zero-order chi connectivity index (χ0) is 13.7. The molecule has 4 nitrogen and oxygen atoms in total. The van der Waals surface area contributed by atoms with E-state index in [0.717, 1.165) is 5.56 Å². The Balaban J connectivity index is 2.12. The molecule has 0 saturated carbocycles. The molecule has 0 saturated heterocycles. The highest BCUT2D eigenvalue weighted by Crippen LogP contribution is 2.19. The Labute approximate surface area is 112 Å². The van der Waals surface area contributed by atoms with Gasteiger partial charge in [0.1, 0.15) is 5.75 Å². The molecule has 0 aliphatic carbocycles. The van der Waals surface area contributed by atoms with E-state index < -0.39 is 0 Å². The lowest BCUT2D eigenvalue weighted by atomic mass is 10.1. The van der Waals surface area contributed by atoms with Gasteiger partial charge in [0.05, 0.1) is 13.2 Å². The van der Waals surface area contributed by atoms with E-state index in [0.29, 0.717) is 11.4 Å². The minimum atomic E-state index is -0.0296. The summed E-state index contributed by atoms with van der Waals surface area (Å²) >= 11 is 0. The topological polar surface area (TPSA) is 54.7 Å². The summed E-state index contributed by atoms with van der Waals surface area (Å²) in [5.74, 6) is 0.812. The minimum absolute atomic E-state index is 0.0296. The number of aliphatic imine (C=N–C) groups is 1. The smallest absolute Gasteiger partial charge is 0.212 e. The molecule has 0 radical (unpaired) electrons. The first-order chi connectivity index (χ1) is 9.20. The van der Waals surface area contributed by atoms with E-state index in [9.17, 15) is 5.11 Å². The van der Waals surface area contributed by atoms with E-state index in [-0.39, 0.29) is 11.8 Å². The lowest BCUT2D eigenvalue weighted by molar-refractivity contribution is 0.397. The predicted molar refractivity (Wildman–Crippen MR) is 74.9 cm³/mol. The Bertz CT molecular complexity index is 565. The van der Waals surface area contributed by atoms with E-state index in [1.165, 1.54) is 0 Å². The fourth-order valence-electron chi connectivity index (χ4n) is 1.63. The molecule has 2 rings (SSSR count). The number of methoxy groups -OCH3 is 1. The van der Waals surface area contributed by atoms with Crippen molar-refractivity contribution in [3.05, 3.63) is 53.7 Å². The highest BCUT2D eigenvalue weighted by molar-refractivity contribution is 5.83. The van der Waals surface area contributed by atoms with E-state index in [1.54, 1.807) is 37.7 Å². The molecule has 1 heterocycles. The van der Waals surface area contributed by atoms with E-state index in [1.807, 2.05) is 25.1 Å². The highest BCUT2D eigenvalue weighted by atomic mass is 16.5. The predicted octanol–water partition coefficient (Wildman–Crippen LogP) is 2.98. The van der Waals surface area contributed by atoms with Crippen LogP contribution in [0.15, 0.2) is 47.6 Å². The number of aromatic hydroxyl groups is 1. The standard InChI is InChI=1S/C15H16N2O2/c1-11(12-7-8-15(19-2)17-9-12)16-10-13-5-3-4-6-14(13)18/h3-11,18H,1-2H3/t11-/m1/s1. The van der Waals surface area contributed by atoms with Crippen molar-refractivity contribution in [3.8, 4) is 11.6 Å². The molecule has 4 heteroatoms. The fraction of sp³-hybridized carbons (Fsp3) is 0.200. The van der Waals surface area contributed by atoms with Crippen LogP contribution in [0, 0.1) is 0 Å². The van der Waals surface area contributed by atoms with Crippen molar-refractivity contribution in [3.63, 3.8) is 0 Å². The van der Waals surface area contributed by atoms with Crippen molar-refractivity contribution in [2.24, 2.45) is 4.99 Å². The molecule has 1 aromatic carbocycles. The van der Waals surface area contributed by atoms with Crippen molar-refractivity contribution in [2.75, 3.05) is 7.11 Å². The van der Waals surface area contributed by atoms with Crippen LogP contribution >= 0.6 is 0 Å². The molecular weight excluding hydrogens is 240 g/mol. The summed E-state index contributed by atoms with van der Waals surface area (Å²) < 4.78 is 5.01. The van der Waals surface area contributed by atoms with Crippen molar-refractivity contribution in [1.29, 1.82) is 0 Å². The number of phenols is 1. The summed E-state index contributed by atoms with van der Waals surface area (Å²) in [5.41, 5.74) is 1.70. The number of pyridine rings is 1. The summed E-state index contributed by atoms with van der Waals surface area (Å²) in [6.45, 7) is 1.97. The molecule has 0 fully saturated rings. The van der Waals surface area contributed by atoms with Gasteiger partial charge in [-0.3, -0.25) is 4.99 Å². The highest BCUT2D eigenvalue weighted by Gasteiger charge is 2.04. The second kappa shape index (κ2) is 6.00. The monoisotopic (exact) mass is 256 g/mol. The van der Waals surface area contributed by atoms with E-state index >= 15 is 0 Å². The van der Waals surface area contributed by atoms with E-state index in [4.69, 9.17) is 4.74 Å². The maximum Gasteiger partial charge on any atom is 0.212 e. The molecule has 0 unspecified atom stereocenters. The number of para-hydroxylation sites is 1. The molecule has 0 aliphatic heterocycles. The maximum absolute atomic E-state index is 9.64. The van der Waals surface area contributed by atoms with Gasteiger partial charge in [0.15, 0.2) is 0 Å². The van der Waals surface area contributed by atoms with Gasteiger partial charge >= 0.3 is 0 Å². The van der Waals surface area contributed by atoms with Crippen LogP contribution in [-0.2, 0) is 0 Å². The van der Waals surface area contributed by atoms with Crippen LogP contribution in [0.25, 0.3) is 0 Å². The average molecular weight is 256 g/mol. The van der Waals surface area contributed by atoms with Crippen LogP contribution in [0.3, 0.4) is 0 Å². The van der Waals surface area contributed by atoms with Crippen LogP contribution in [-0.4, -0.2) is 23.4 Å². The Morgan fingerprint density at radius 2 is 2.05 bits per heavy atom. The Morgan fingerprint density at radius 3 is 2.68 bits per heavy atom. The van der Waals surface area contributed by atoms with Crippen LogP contribution < -0.4 is 4.74 Å². The number of phenolic OH excluding ortho intramolecular Hbond substituents is 1. The van der Waals surface area contributed by atoms with Gasteiger partial charge in [0.25, 0.3) is 0 Å². The first-order valence-electron chi connectivity index (χ1n) is 6.02. The molecule has 0 spiro atoms. The summed E-state index contributed by atoms with van der Waals surface area (Å²) in [6.07, 6.45) is 3.41. The second-order valence-electron chi connectivity index (χ2n) is 4.15. The molecule has 0 aliphatic rings. The molecule has 19 heavy (non-hydrogen) atoms. The zero-order valence-electron chi connectivity index (χ0n) is 10.9. The molecule has 0 bridgehead atoms. The average Bonchev–Trinajstić information content (AvgIpc) is 2.46. The van der Waals surface area contributed by atoms with Gasteiger partial charge in [-0.05, 0) is 30.7 Å². The lowest BCUT2D eigenvalue weighted by Gasteiger charge is -2.07. The molecule has 1 N–H and O–H groups in total. The number of hydrogen-bond acceptors (Lipinski definition) is 4. The third kappa shape index (κ3) is 3.31. The summed E-state index contributed by atoms with van der Waals surface area (Å²) in [4.78, 5) is 8.56. The number of hydrogen-bond donors (Lipinski definition) is 1.